The molecule has 0 radical (unpaired) electrons. The molecule has 112 heavy (non-hydrogen) atoms. The monoisotopic (exact) mass is 1580 g/mol. The largest absolute Gasteiger partial charge is 0.508 e. The average Bonchev–Trinajstić information content (AvgIpc) is 1.64. The van der Waals surface area contributed by atoms with E-state index in [1.54, 1.807) is 13.8 Å². The van der Waals surface area contributed by atoms with E-state index in [4.69, 9.17) is 14.2 Å². The van der Waals surface area contributed by atoms with Crippen LogP contribution in [0, 0.1) is 5.92 Å². The van der Waals surface area contributed by atoms with Gasteiger partial charge in [0.1, 0.15) is 90.0 Å². The fraction of sp³-hybridized carbons (Fsp3) is 0.536. The summed E-state index contributed by atoms with van der Waals surface area (Å²) in [5, 5.41) is 87.6. The Morgan fingerprint density at radius 2 is 0.821 bits per heavy atom. The number of carbonyl (C=O) groups is 20. The number of fused-ring (bicyclic) bond motifs is 1. The zero-order chi connectivity index (χ0) is 83.8. The van der Waals surface area contributed by atoms with Gasteiger partial charge in [0.05, 0.1) is 67.2 Å². The van der Waals surface area contributed by atoms with E-state index in [0.717, 1.165) is 33.2 Å². The number of aliphatic hydroxyl groups excluding tert-OH is 1. The first-order valence-corrected chi connectivity index (χ1v) is 34.8. The molecule has 2 saturated heterocycles. The van der Waals surface area contributed by atoms with E-state index in [-0.39, 0.29) is 42.7 Å². The normalized spacial score (nSPS) is 24.7. The van der Waals surface area contributed by atoms with Crippen LogP contribution in [0.3, 0.4) is 0 Å². The van der Waals surface area contributed by atoms with Crippen LogP contribution in [0.1, 0.15) is 109 Å². The standard InChI is InChI=1S/C69H93N13O30/c1-32(2)23-40-59(97)74-39(69(108)112-7)19-21-51(86)72-45(29-55(93)110-5)58(96)70-33(3)57(95)80-47(28-54(91)92)67(105)82-22-8-9-49(82)66(104)79-46(30-56(94)111-6)64(102)73-38(68(106)107)18-20-50(85)71-41(24-34-10-14-36(84)15-11-34)60(98)77-43(26-52(87)88)63(101)76-42(25-35-12-16-37(109-4)17-13-35)61(99)81-48(31-83)65(103)78-44(27-53(89)90)62(100)75-40/h10-17,32-33,38-49,83-84H,8-9,18-31H2,1-7H3,(H,70,96)(H,71,85)(H,72,86)(H,73,102)(H,74,97)(H,75,100)(H,76,101)(H,77,98)(H,78,103)(H,79,104)(H,80,95)(H,81,99)(H,87,88)(H,89,90)(H,91,92)(H,106,107). The fourth-order valence-corrected chi connectivity index (χ4v) is 11.3. The molecule has 43 nitrogen and oxygen atoms in total. The average molecular weight is 1580 g/mol. The number of rotatable bonds is 20. The maximum absolute atomic E-state index is 14.5. The number of aliphatic hydroxyl groups is 1. The van der Waals surface area contributed by atoms with Gasteiger partial charge < -0.3 is 118 Å². The van der Waals surface area contributed by atoms with E-state index < -0.39 is 280 Å². The molecular weight excluding hydrogens is 1490 g/mol. The molecule has 18 N–H and O–H groups in total. The molecule has 13 atom stereocenters. The van der Waals surface area contributed by atoms with Gasteiger partial charge in [0.15, 0.2) is 0 Å². The first-order chi connectivity index (χ1) is 52.8. The van der Waals surface area contributed by atoms with Gasteiger partial charge in [-0.25, -0.2) is 9.59 Å². The predicted molar refractivity (Wildman–Crippen MR) is 377 cm³/mol. The quantitative estimate of drug-likeness (QED) is 0.0433. The van der Waals surface area contributed by atoms with Gasteiger partial charge in [-0.2, -0.15) is 0 Å². The van der Waals surface area contributed by atoms with Crippen molar-refractivity contribution >= 4 is 119 Å². The highest BCUT2D eigenvalue weighted by atomic mass is 16.5. The van der Waals surface area contributed by atoms with Crippen molar-refractivity contribution in [1.29, 1.82) is 0 Å². The van der Waals surface area contributed by atoms with Crippen LogP contribution >= 0.6 is 0 Å². The number of amides is 13. The summed E-state index contributed by atoms with van der Waals surface area (Å²) < 4.78 is 19.4. The Labute approximate surface area is 638 Å². The third-order valence-electron chi connectivity index (χ3n) is 17.2. The van der Waals surface area contributed by atoms with Crippen molar-refractivity contribution in [2.45, 2.75) is 189 Å². The number of nitrogens with one attached hydrogen (secondary N) is 12. The first kappa shape index (κ1) is 91.8. The van der Waals surface area contributed by atoms with E-state index in [1.807, 2.05) is 0 Å². The molecule has 13 amide bonds. The molecule has 2 fully saturated rings. The number of carboxylic acid groups (broad SMARTS) is 4. The van der Waals surface area contributed by atoms with Crippen molar-refractivity contribution in [2.75, 3.05) is 41.6 Å². The summed E-state index contributed by atoms with van der Waals surface area (Å²) in [6.07, 6.45) is -10.2. The van der Waals surface area contributed by atoms with Crippen molar-refractivity contribution in [3.63, 3.8) is 0 Å². The highest BCUT2D eigenvalue weighted by molar-refractivity contribution is 6.02. The minimum Gasteiger partial charge on any atom is -0.508 e. The van der Waals surface area contributed by atoms with Crippen LogP contribution in [0.15, 0.2) is 48.5 Å². The number of aliphatic carboxylic acids is 4. The van der Waals surface area contributed by atoms with Crippen molar-refractivity contribution in [2.24, 2.45) is 5.92 Å². The molecule has 0 bridgehead atoms. The number of aromatic hydroxyl groups is 1. The lowest BCUT2D eigenvalue weighted by Crippen LogP contribution is -2.61. The molecule has 614 valence electrons. The van der Waals surface area contributed by atoms with Crippen LogP contribution in [0.4, 0.5) is 0 Å². The van der Waals surface area contributed by atoms with Crippen LogP contribution < -0.4 is 68.5 Å². The van der Waals surface area contributed by atoms with Gasteiger partial charge in [0.2, 0.25) is 76.8 Å². The Bertz CT molecular complexity index is 3800. The summed E-state index contributed by atoms with van der Waals surface area (Å²) in [6, 6.07) is -14.3. The fourth-order valence-electron chi connectivity index (χ4n) is 11.3. The second-order valence-corrected chi connectivity index (χ2v) is 26.2. The lowest BCUT2D eigenvalue weighted by molar-refractivity contribution is -0.147. The highest BCUT2D eigenvalue weighted by Crippen LogP contribution is 2.22. The number of carboxylic acids is 4. The maximum atomic E-state index is 14.5. The first-order valence-electron chi connectivity index (χ1n) is 34.8. The molecule has 2 heterocycles. The Morgan fingerprint density at radius 3 is 1.30 bits per heavy atom. The molecular formula is C69H93N13O30. The van der Waals surface area contributed by atoms with Gasteiger partial charge in [0, 0.05) is 32.2 Å². The van der Waals surface area contributed by atoms with Crippen molar-refractivity contribution in [3.05, 3.63) is 59.7 Å². The molecule has 2 aromatic carbocycles. The van der Waals surface area contributed by atoms with E-state index >= 15 is 0 Å². The third kappa shape index (κ3) is 30.1. The Kier molecular flexibility index (Phi) is 36.7. The molecule has 0 aliphatic carbocycles. The number of esters is 3. The van der Waals surface area contributed by atoms with E-state index in [0.29, 0.717) is 5.75 Å². The van der Waals surface area contributed by atoms with Crippen molar-refractivity contribution in [3.8, 4) is 11.5 Å². The molecule has 2 aliphatic heterocycles. The number of nitrogens with zero attached hydrogens (tertiary/aromatic N) is 1. The van der Waals surface area contributed by atoms with Crippen molar-refractivity contribution in [1.82, 2.24) is 68.7 Å². The zero-order valence-corrected chi connectivity index (χ0v) is 61.9. The molecule has 2 aliphatic rings. The minimum absolute atomic E-state index is 0.0287. The van der Waals surface area contributed by atoms with Crippen LogP contribution in [0.25, 0.3) is 0 Å². The number of benzene rings is 2. The summed E-state index contributed by atoms with van der Waals surface area (Å²) >= 11 is 0. The lowest BCUT2D eigenvalue weighted by Gasteiger charge is -2.30. The number of hydrogen-bond donors (Lipinski definition) is 18. The van der Waals surface area contributed by atoms with Gasteiger partial charge >= 0.3 is 41.8 Å². The summed E-state index contributed by atoms with van der Waals surface area (Å²) in [5.41, 5.74) is 0.438. The molecule has 43 heteroatoms. The van der Waals surface area contributed by atoms with E-state index in [9.17, 15) is 127 Å². The summed E-state index contributed by atoms with van der Waals surface area (Å²) in [5.74, 6) is -27.5. The SMILES string of the molecule is COC(=O)CC1NC(=O)CCC(C(=O)OC)NC(=O)C(CC(C)C)NC(=O)C(CC(=O)O)NC(=O)C(CO)NC(=O)C(Cc2ccc(OC)cc2)NC(=O)C(CC(=O)O)NC(=O)C(Cc2ccc(O)cc2)NC(=O)CCC(C(=O)O)NC(=O)C(CC(=O)OC)NC(=O)C2CCCN2C(=O)C(CC(=O)O)NC(=O)C(C)NC1=O. The lowest BCUT2D eigenvalue weighted by atomic mass is 10.0. The van der Waals surface area contributed by atoms with Gasteiger partial charge in [0.25, 0.3) is 0 Å². The molecule has 0 aromatic heterocycles. The minimum atomic E-state index is -2.17. The number of phenols is 1. The number of carbonyl (C=O) groups excluding carboxylic acids is 16. The van der Waals surface area contributed by atoms with Crippen molar-refractivity contribution < 1.29 is 145 Å². The molecule has 0 saturated carbocycles. The predicted octanol–water partition coefficient (Wildman–Crippen LogP) is -6.57. The Morgan fingerprint density at radius 1 is 0.438 bits per heavy atom. The Balaban J connectivity index is 1.85. The van der Waals surface area contributed by atoms with E-state index in [1.165, 1.54) is 55.6 Å². The van der Waals surface area contributed by atoms with Gasteiger partial charge in [-0.3, -0.25) is 86.3 Å². The molecule has 0 spiro atoms. The zero-order valence-electron chi connectivity index (χ0n) is 61.9. The number of phenolic OH excluding ortho intramolecular Hbond substituents is 1. The molecule has 2 aromatic rings. The second-order valence-electron chi connectivity index (χ2n) is 26.2. The van der Waals surface area contributed by atoms with Crippen LogP contribution in [0.5, 0.6) is 11.5 Å². The van der Waals surface area contributed by atoms with E-state index in [2.05, 4.69) is 68.5 Å². The van der Waals surface area contributed by atoms with Gasteiger partial charge in [-0.15, -0.1) is 0 Å². The Hall–Kier alpha value is -12.6. The van der Waals surface area contributed by atoms with Crippen LogP contribution in [-0.4, -0.2) is 274 Å². The number of ether oxygens (including phenoxy) is 4. The topological polar surface area (TPSA) is 647 Å². The summed E-state index contributed by atoms with van der Waals surface area (Å²) in [7, 11) is 4.04. The van der Waals surface area contributed by atoms with Crippen LogP contribution in [-0.2, 0) is 123 Å². The maximum Gasteiger partial charge on any atom is 0.328 e. The second kappa shape index (κ2) is 44.8. The summed E-state index contributed by atoms with van der Waals surface area (Å²) in [6.45, 7) is 2.58. The van der Waals surface area contributed by atoms with Gasteiger partial charge in [-0.1, -0.05) is 38.1 Å². The number of hydrogen-bond acceptors (Lipinski definition) is 26. The third-order valence-corrected chi connectivity index (χ3v) is 17.2. The molecule has 4 rings (SSSR count). The smallest absolute Gasteiger partial charge is 0.328 e. The number of methoxy groups -OCH3 is 4. The van der Waals surface area contributed by atoms with Crippen LogP contribution in [0.2, 0.25) is 0 Å². The van der Waals surface area contributed by atoms with Gasteiger partial charge in [-0.05, 0) is 80.3 Å². The molecule has 13 unspecified atom stereocenters. The highest BCUT2D eigenvalue weighted by Gasteiger charge is 2.43. The summed E-state index contributed by atoms with van der Waals surface area (Å²) in [4.78, 5) is 273.